The van der Waals surface area contributed by atoms with Gasteiger partial charge in [0.2, 0.25) is 0 Å². The van der Waals surface area contributed by atoms with Gasteiger partial charge in [-0.3, -0.25) is 4.90 Å². The van der Waals surface area contributed by atoms with Crippen LogP contribution < -0.4 is 0 Å². The average molecular weight is 153 g/mol. The quantitative estimate of drug-likeness (QED) is 0.337. The molecule has 0 amide bonds. The van der Waals surface area contributed by atoms with Gasteiger partial charge in [-0.2, -0.15) is 0 Å². The van der Waals surface area contributed by atoms with Crippen molar-refractivity contribution in [3.8, 4) is 0 Å². The van der Waals surface area contributed by atoms with E-state index < -0.39 is 0 Å². The van der Waals surface area contributed by atoms with E-state index in [1.807, 2.05) is 6.20 Å². The van der Waals surface area contributed by atoms with Crippen molar-refractivity contribution >= 4 is 0 Å². The summed E-state index contributed by atoms with van der Waals surface area (Å²) in [6, 6.07) is 0. The predicted molar refractivity (Wildman–Crippen MR) is 42.5 cm³/mol. The maximum atomic E-state index is 7.97. The molecule has 0 atom stereocenters. The highest BCUT2D eigenvalue weighted by Gasteiger charge is 2.11. The Balaban J connectivity index is 2.33. The Labute approximate surface area is 65.5 Å². The molecule has 0 aromatic carbocycles. The van der Waals surface area contributed by atoms with Crippen molar-refractivity contribution in [1.29, 1.82) is 0 Å². The van der Waals surface area contributed by atoms with Crippen LogP contribution in [0.25, 0.3) is 10.4 Å². The lowest BCUT2D eigenvalue weighted by molar-refractivity contribution is 0.340. The minimum atomic E-state index is 0.914. The van der Waals surface area contributed by atoms with Crippen LogP contribution in [-0.2, 0) is 0 Å². The second kappa shape index (κ2) is 3.85. The van der Waals surface area contributed by atoms with Gasteiger partial charge >= 0.3 is 0 Å². The lowest BCUT2D eigenvalue weighted by atomic mass is 10.6. The van der Waals surface area contributed by atoms with E-state index in [2.05, 4.69) is 26.9 Å². The van der Waals surface area contributed by atoms with Gasteiger partial charge < -0.3 is 4.90 Å². The van der Waals surface area contributed by atoms with E-state index in [0.29, 0.717) is 0 Å². The SMILES string of the molecule is CN1CCN(/C=C/N=[N+]=[N-])C1. The zero-order chi connectivity index (χ0) is 8.10. The van der Waals surface area contributed by atoms with Crippen molar-refractivity contribution in [3.63, 3.8) is 0 Å². The normalized spacial score (nSPS) is 19.2. The number of nitrogens with zero attached hydrogens (tertiary/aromatic N) is 5. The van der Waals surface area contributed by atoms with E-state index in [-0.39, 0.29) is 0 Å². The van der Waals surface area contributed by atoms with Crippen LogP contribution in [0.2, 0.25) is 0 Å². The van der Waals surface area contributed by atoms with Gasteiger partial charge in [-0.25, -0.2) is 0 Å². The minimum Gasteiger partial charge on any atom is -0.363 e. The van der Waals surface area contributed by atoms with Crippen LogP contribution in [0.5, 0.6) is 0 Å². The third kappa shape index (κ3) is 2.49. The Hall–Kier alpha value is -1.19. The lowest BCUT2D eigenvalue weighted by Gasteiger charge is -2.10. The molecule has 0 bridgehead atoms. The average Bonchev–Trinajstić information content (AvgIpc) is 2.37. The van der Waals surface area contributed by atoms with Crippen molar-refractivity contribution in [2.24, 2.45) is 5.11 Å². The van der Waals surface area contributed by atoms with E-state index in [1.165, 1.54) is 6.20 Å². The Kier molecular flexibility index (Phi) is 2.77. The zero-order valence-electron chi connectivity index (χ0n) is 6.51. The molecule has 1 rings (SSSR count). The molecule has 1 aliphatic rings. The molecule has 60 valence electrons. The molecule has 5 nitrogen and oxygen atoms in total. The Bertz CT molecular complexity index is 193. The highest BCUT2D eigenvalue weighted by Crippen LogP contribution is 2.01. The van der Waals surface area contributed by atoms with Gasteiger partial charge in [-0.05, 0) is 12.6 Å². The monoisotopic (exact) mass is 153 g/mol. The Morgan fingerprint density at radius 2 is 2.36 bits per heavy atom. The lowest BCUT2D eigenvalue weighted by Crippen LogP contribution is -2.17. The summed E-state index contributed by atoms with van der Waals surface area (Å²) in [6.45, 7) is 2.99. The second-order valence-corrected chi connectivity index (χ2v) is 2.54. The zero-order valence-corrected chi connectivity index (χ0v) is 6.51. The van der Waals surface area contributed by atoms with Crippen LogP contribution in [0.1, 0.15) is 0 Å². The molecule has 0 radical (unpaired) electrons. The molecule has 1 fully saturated rings. The third-order valence-corrected chi connectivity index (χ3v) is 1.59. The molecule has 0 spiro atoms. The summed E-state index contributed by atoms with van der Waals surface area (Å²) in [5.74, 6) is 0. The maximum absolute atomic E-state index is 7.97. The van der Waals surface area contributed by atoms with Crippen LogP contribution in [0.4, 0.5) is 0 Å². The first-order valence-electron chi connectivity index (χ1n) is 3.46. The molecule has 0 aliphatic carbocycles. The number of hydrogen-bond donors (Lipinski definition) is 0. The number of hydrogen-bond acceptors (Lipinski definition) is 3. The molecule has 0 aromatic heterocycles. The summed E-state index contributed by atoms with van der Waals surface area (Å²) in [5.41, 5.74) is 7.97. The summed E-state index contributed by atoms with van der Waals surface area (Å²) in [4.78, 5) is 6.90. The molecule has 0 unspecified atom stereocenters. The number of azide groups is 1. The van der Waals surface area contributed by atoms with Gasteiger partial charge in [0.1, 0.15) is 0 Å². The molecular formula is C6H11N5. The van der Waals surface area contributed by atoms with Gasteiger partial charge in [-0.1, -0.05) is 5.11 Å². The van der Waals surface area contributed by atoms with E-state index >= 15 is 0 Å². The van der Waals surface area contributed by atoms with Gasteiger partial charge in [0.05, 0.1) is 6.67 Å². The fourth-order valence-electron chi connectivity index (χ4n) is 1.03. The van der Waals surface area contributed by atoms with Crippen molar-refractivity contribution in [3.05, 3.63) is 22.8 Å². The molecule has 11 heavy (non-hydrogen) atoms. The standard InChI is InChI=1S/C6H11N5/c1-10-4-5-11(6-10)3-2-8-9-7/h2-3H,4-6H2,1H3/b3-2+. The van der Waals surface area contributed by atoms with Crippen molar-refractivity contribution in [2.45, 2.75) is 0 Å². The predicted octanol–water partition coefficient (Wildman–Crippen LogP) is 0.973. The fraction of sp³-hybridized carbons (Fsp3) is 0.667. The molecule has 1 heterocycles. The molecular weight excluding hydrogens is 142 g/mol. The van der Waals surface area contributed by atoms with Gasteiger partial charge in [0.25, 0.3) is 0 Å². The van der Waals surface area contributed by atoms with E-state index in [1.54, 1.807) is 0 Å². The van der Waals surface area contributed by atoms with E-state index in [9.17, 15) is 0 Å². The third-order valence-electron chi connectivity index (χ3n) is 1.59. The summed E-state index contributed by atoms with van der Waals surface area (Å²) < 4.78 is 0. The number of rotatable bonds is 2. The van der Waals surface area contributed by atoms with E-state index in [0.717, 1.165) is 19.8 Å². The maximum Gasteiger partial charge on any atom is 0.0700 e. The fourth-order valence-corrected chi connectivity index (χ4v) is 1.03. The van der Waals surface area contributed by atoms with Crippen molar-refractivity contribution < 1.29 is 0 Å². The van der Waals surface area contributed by atoms with Gasteiger partial charge in [0, 0.05) is 30.4 Å². The van der Waals surface area contributed by atoms with Crippen molar-refractivity contribution in [2.75, 3.05) is 26.8 Å². The van der Waals surface area contributed by atoms with Gasteiger partial charge in [0.15, 0.2) is 0 Å². The van der Waals surface area contributed by atoms with Crippen LogP contribution in [0, 0.1) is 0 Å². The summed E-state index contributed by atoms with van der Waals surface area (Å²) >= 11 is 0. The van der Waals surface area contributed by atoms with Gasteiger partial charge in [-0.15, -0.1) is 0 Å². The van der Waals surface area contributed by atoms with Crippen molar-refractivity contribution in [1.82, 2.24) is 9.80 Å². The molecule has 1 saturated heterocycles. The highest BCUT2D eigenvalue weighted by atomic mass is 15.4. The van der Waals surface area contributed by atoms with Crippen LogP contribution >= 0.6 is 0 Å². The van der Waals surface area contributed by atoms with Crippen LogP contribution in [-0.4, -0.2) is 36.6 Å². The molecule has 0 aromatic rings. The number of likely N-dealkylation sites (N-methyl/N-ethyl adjacent to an activating group) is 1. The minimum absolute atomic E-state index is 0.914. The topological polar surface area (TPSA) is 55.2 Å². The molecule has 1 aliphatic heterocycles. The second-order valence-electron chi connectivity index (χ2n) is 2.54. The molecule has 0 saturated carbocycles. The molecule has 5 heteroatoms. The first-order valence-corrected chi connectivity index (χ1v) is 3.46. The molecule has 0 N–H and O–H groups in total. The first kappa shape index (κ1) is 7.91. The Morgan fingerprint density at radius 3 is 2.91 bits per heavy atom. The summed E-state index contributed by atoms with van der Waals surface area (Å²) in [7, 11) is 2.06. The first-order chi connectivity index (χ1) is 5.33. The Morgan fingerprint density at radius 1 is 1.55 bits per heavy atom. The van der Waals surface area contributed by atoms with E-state index in [4.69, 9.17) is 5.53 Å². The van der Waals surface area contributed by atoms with Crippen LogP contribution in [0.15, 0.2) is 17.5 Å². The smallest absolute Gasteiger partial charge is 0.0700 e. The van der Waals surface area contributed by atoms with Crippen LogP contribution in [0.3, 0.4) is 0 Å². The highest BCUT2D eigenvalue weighted by molar-refractivity contribution is 4.83. The largest absolute Gasteiger partial charge is 0.363 e. The summed E-state index contributed by atoms with van der Waals surface area (Å²) in [6.07, 6.45) is 3.28. The summed E-state index contributed by atoms with van der Waals surface area (Å²) in [5, 5.41) is 3.30.